The average Bonchev–Trinajstić information content (AvgIpc) is 3.28. The van der Waals surface area contributed by atoms with Crippen molar-refractivity contribution in [1.82, 2.24) is 19.8 Å². The van der Waals surface area contributed by atoms with Crippen molar-refractivity contribution in [3.8, 4) is 0 Å². The van der Waals surface area contributed by atoms with E-state index in [9.17, 15) is 4.79 Å². The lowest BCUT2D eigenvalue weighted by Gasteiger charge is -2.28. The number of hydrogen-bond acceptors (Lipinski definition) is 3. The van der Waals surface area contributed by atoms with Crippen molar-refractivity contribution in [1.29, 1.82) is 0 Å². The van der Waals surface area contributed by atoms with Crippen LogP contribution in [0.15, 0.2) is 60.8 Å². The molecule has 1 amide bonds. The van der Waals surface area contributed by atoms with Crippen LogP contribution in [0.3, 0.4) is 0 Å². The Bertz CT molecular complexity index is 1100. The van der Waals surface area contributed by atoms with Crippen molar-refractivity contribution >= 4 is 28.9 Å². The fourth-order valence-corrected chi connectivity index (χ4v) is 4.90. The molecule has 0 unspecified atom stereocenters. The van der Waals surface area contributed by atoms with Gasteiger partial charge in [-0.3, -0.25) is 9.78 Å². The highest BCUT2D eigenvalue weighted by molar-refractivity contribution is 7.80. The molecule has 4 rings (SSSR count). The number of aryl methyl sites for hydroxylation is 1. The number of hydrogen-bond donors (Lipinski definition) is 2. The Balaban J connectivity index is 1.61. The molecule has 0 saturated carbocycles. The van der Waals surface area contributed by atoms with Crippen molar-refractivity contribution < 1.29 is 4.79 Å². The summed E-state index contributed by atoms with van der Waals surface area (Å²) in [7, 11) is 0. The average molecular weight is 448 g/mol. The van der Waals surface area contributed by atoms with E-state index >= 15 is 0 Å². The van der Waals surface area contributed by atoms with Crippen LogP contribution in [0.5, 0.6) is 0 Å². The molecule has 0 radical (unpaired) electrons. The number of carbonyl (C=O) groups excluding carboxylic acids is 1. The third kappa shape index (κ3) is 4.39. The number of nitrogens with one attached hydrogen (secondary N) is 2. The van der Waals surface area contributed by atoms with Gasteiger partial charge in [0, 0.05) is 42.8 Å². The molecule has 2 N–H and O–H groups in total. The number of aromatic nitrogens is 2. The molecule has 1 aliphatic rings. The normalized spacial score (nSPS) is 18.0. The Labute approximate surface area is 194 Å². The molecule has 3 heterocycles. The zero-order valence-corrected chi connectivity index (χ0v) is 19.5. The standard InChI is InChI=1S/C25H29N5OS/c1-4-29-17(2)16-20(18(29)3)24-23(21-12-8-9-14-26-21)28-25(32)30(24)15-13-22(31)27-19-10-6-5-7-11-19/h5-12,14,16,23-24H,4,13,15H2,1-3H3,(H,27,31)(H,28,32)/t23-,24+/m0/s1. The lowest BCUT2D eigenvalue weighted by Crippen LogP contribution is -2.32. The van der Waals surface area contributed by atoms with Crippen molar-refractivity contribution in [2.75, 3.05) is 11.9 Å². The van der Waals surface area contributed by atoms with Gasteiger partial charge in [-0.2, -0.15) is 0 Å². The monoisotopic (exact) mass is 447 g/mol. The van der Waals surface area contributed by atoms with E-state index in [2.05, 4.69) is 51.9 Å². The minimum absolute atomic E-state index is 0.0296. The maximum atomic E-state index is 12.6. The van der Waals surface area contributed by atoms with E-state index in [4.69, 9.17) is 12.2 Å². The SMILES string of the molecule is CCn1c(C)cc([C@@H]2[C@H](c3ccccn3)NC(=S)N2CCC(=O)Nc2ccccc2)c1C. The number of nitrogens with zero attached hydrogens (tertiary/aromatic N) is 3. The Morgan fingerprint density at radius 3 is 2.56 bits per heavy atom. The van der Waals surface area contributed by atoms with Crippen LogP contribution < -0.4 is 10.6 Å². The van der Waals surface area contributed by atoms with Crippen molar-refractivity contribution in [3.63, 3.8) is 0 Å². The van der Waals surface area contributed by atoms with Crippen molar-refractivity contribution in [2.24, 2.45) is 0 Å². The van der Waals surface area contributed by atoms with Gasteiger partial charge in [-0.05, 0) is 68.9 Å². The van der Waals surface area contributed by atoms with Gasteiger partial charge in [0.05, 0.1) is 17.8 Å². The number of rotatable bonds is 7. The molecule has 0 bridgehead atoms. The number of benzene rings is 1. The smallest absolute Gasteiger partial charge is 0.226 e. The zero-order valence-electron chi connectivity index (χ0n) is 18.7. The molecule has 166 valence electrons. The van der Waals surface area contributed by atoms with Gasteiger partial charge in [0.15, 0.2) is 5.11 Å². The molecule has 2 aromatic heterocycles. The highest BCUT2D eigenvalue weighted by atomic mass is 32.1. The van der Waals surface area contributed by atoms with Gasteiger partial charge in [-0.25, -0.2) is 0 Å². The molecule has 7 heteroatoms. The van der Waals surface area contributed by atoms with Gasteiger partial charge in [0.2, 0.25) is 5.91 Å². The second-order valence-electron chi connectivity index (χ2n) is 8.05. The summed E-state index contributed by atoms with van der Waals surface area (Å²) in [5.41, 5.74) is 5.41. The molecule has 1 aromatic carbocycles. The van der Waals surface area contributed by atoms with Crippen LogP contribution in [0, 0.1) is 13.8 Å². The second-order valence-corrected chi connectivity index (χ2v) is 8.44. The molecular formula is C25H29N5OS. The summed E-state index contributed by atoms with van der Waals surface area (Å²) in [6, 6.07) is 17.6. The van der Waals surface area contributed by atoms with E-state index in [0.29, 0.717) is 18.1 Å². The first-order valence-electron chi connectivity index (χ1n) is 11.0. The first kappa shape index (κ1) is 22.0. The molecule has 2 atom stereocenters. The number of anilines is 1. The summed E-state index contributed by atoms with van der Waals surface area (Å²) in [4.78, 5) is 19.4. The highest BCUT2D eigenvalue weighted by Gasteiger charge is 2.41. The fraction of sp³-hybridized carbons (Fsp3) is 0.320. The van der Waals surface area contributed by atoms with E-state index < -0.39 is 0 Å². The minimum Gasteiger partial charge on any atom is -0.352 e. The maximum Gasteiger partial charge on any atom is 0.226 e. The van der Waals surface area contributed by atoms with Gasteiger partial charge in [0.1, 0.15) is 0 Å². The molecule has 32 heavy (non-hydrogen) atoms. The van der Waals surface area contributed by atoms with Gasteiger partial charge < -0.3 is 20.1 Å². The van der Waals surface area contributed by atoms with Gasteiger partial charge in [0.25, 0.3) is 0 Å². The lowest BCUT2D eigenvalue weighted by atomic mass is 9.96. The minimum atomic E-state index is -0.0771. The van der Waals surface area contributed by atoms with Crippen LogP contribution in [-0.4, -0.2) is 32.0 Å². The largest absolute Gasteiger partial charge is 0.352 e. The van der Waals surface area contributed by atoms with E-state index in [0.717, 1.165) is 17.9 Å². The number of thiocarbonyl (C=S) groups is 1. The Hall–Kier alpha value is -3.19. The van der Waals surface area contributed by atoms with Crippen molar-refractivity contribution in [3.05, 3.63) is 83.4 Å². The summed E-state index contributed by atoms with van der Waals surface area (Å²) in [5.74, 6) is -0.0296. The Morgan fingerprint density at radius 1 is 1.16 bits per heavy atom. The summed E-state index contributed by atoms with van der Waals surface area (Å²) in [5, 5.41) is 7.09. The van der Waals surface area contributed by atoms with Crippen LogP contribution in [0.4, 0.5) is 5.69 Å². The molecule has 0 spiro atoms. The summed E-state index contributed by atoms with van der Waals surface area (Å²) in [6.07, 6.45) is 2.15. The van der Waals surface area contributed by atoms with E-state index in [-0.39, 0.29) is 18.0 Å². The molecule has 6 nitrogen and oxygen atoms in total. The third-order valence-electron chi connectivity index (χ3n) is 6.08. The molecule has 1 fully saturated rings. The number of carbonyl (C=O) groups is 1. The van der Waals surface area contributed by atoms with Crippen LogP contribution >= 0.6 is 12.2 Å². The van der Waals surface area contributed by atoms with E-state index in [1.54, 1.807) is 0 Å². The second kappa shape index (κ2) is 9.53. The summed E-state index contributed by atoms with van der Waals surface area (Å²) in [6.45, 7) is 7.88. The van der Waals surface area contributed by atoms with Crippen molar-refractivity contribution in [2.45, 2.75) is 45.8 Å². The third-order valence-corrected chi connectivity index (χ3v) is 6.44. The Kier molecular flexibility index (Phi) is 6.55. The maximum absolute atomic E-state index is 12.6. The van der Waals surface area contributed by atoms with Crippen LogP contribution in [-0.2, 0) is 11.3 Å². The quantitative estimate of drug-likeness (QED) is 0.522. The molecule has 0 aliphatic carbocycles. The van der Waals surface area contributed by atoms with Crippen LogP contribution in [0.2, 0.25) is 0 Å². The van der Waals surface area contributed by atoms with Gasteiger partial charge >= 0.3 is 0 Å². The lowest BCUT2D eigenvalue weighted by molar-refractivity contribution is -0.116. The Morgan fingerprint density at radius 2 is 1.91 bits per heavy atom. The first-order valence-corrected chi connectivity index (χ1v) is 11.4. The predicted octanol–water partition coefficient (Wildman–Crippen LogP) is 4.52. The fourth-order valence-electron chi connectivity index (χ4n) is 4.57. The topological polar surface area (TPSA) is 62.2 Å². The number of para-hydroxylation sites is 1. The van der Waals surface area contributed by atoms with Gasteiger partial charge in [-0.1, -0.05) is 24.3 Å². The number of pyridine rings is 1. The summed E-state index contributed by atoms with van der Waals surface area (Å²) >= 11 is 5.74. The molecule has 3 aromatic rings. The number of amides is 1. The van der Waals surface area contributed by atoms with E-state index in [1.807, 2.05) is 54.7 Å². The predicted molar refractivity (Wildman–Crippen MR) is 131 cm³/mol. The van der Waals surface area contributed by atoms with Crippen LogP contribution in [0.1, 0.15) is 48.1 Å². The van der Waals surface area contributed by atoms with Crippen LogP contribution in [0.25, 0.3) is 0 Å². The van der Waals surface area contributed by atoms with Gasteiger partial charge in [-0.15, -0.1) is 0 Å². The first-order chi connectivity index (χ1) is 15.5. The van der Waals surface area contributed by atoms with E-state index in [1.165, 1.54) is 17.0 Å². The summed E-state index contributed by atoms with van der Waals surface area (Å²) < 4.78 is 2.31. The molecular weight excluding hydrogens is 418 g/mol. The molecule has 1 aliphatic heterocycles. The zero-order chi connectivity index (χ0) is 22.7. The highest BCUT2D eigenvalue weighted by Crippen LogP contribution is 2.40. The molecule has 1 saturated heterocycles.